The van der Waals surface area contributed by atoms with E-state index in [4.69, 9.17) is 4.74 Å². The van der Waals surface area contributed by atoms with Crippen LogP contribution in [0.25, 0.3) is 0 Å². The van der Waals surface area contributed by atoms with Crippen molar-refractivity contribution in [3.63, 3.8) is 0 Å². The lowest BCUT2D eigenvalue weighted by Crippen LogP contribution is -2.38. The zero-order chi connectivity index (χ0) is 20.0. The van der Waals surface area contributed by atoms with E-state index in [1.807, 2.05) is 6.92 Å². The van der Waals surface area contributed by atoms with Crippen LogP contribution >= 0.6 is 11.3 Å². The van der Waals surface area contributed by atoms with E-state index in [1.165, 1.54) is 12.8 Å². The largest absolute Gasteiger partial charge is 0.376 e. The lowest BCUT2D eigenvalue weighted by atomic mass is 9.77. The van der Waals surface area contributed by atoms with Gasteiger partial charge in [-0.3, -0.25) is 0 Å². The molecule has 1 saturated heterocycles. The van der Waals surface area contributed by atoms with Gasteiger partial charge in [-0.2, -0.15) is 0 Å². The van der Waals surface area contributed by atoms with Gasteiger partial charge < -0.3 is 14.5 Å². The SMILES string of the molecule is Cc1nnc(N2C[C@H]3C[C@@H](n4cc(CN(C)C)nn4)[C@H](OCC4CC4)C[C@H]3C2)s1. The molecular formula is C20H31N7OS. The van der Waals surface area contributed by atoms with Crippen LogP contribution in [-0.2, 0) is 11.3 Å². The first-order chi connectivity index (χ1) is 14.0. The molecule has 0 bridgehead atoms. The van der Waals surface area contributed by atoms with E-state index >= 15 is 0 Å². The van der Waals surface area contributed by atoms with Crippen molar-refractivity contribution >= 4 is 16.5 Å². The zero-order valence-corrected chi connectivity index (χ0v) is 18.4. The lowest BCUT2D eigenvalue weighted by molar-refractivity contribution is -0.0375. The molecule has 3 heterocycles. The zero-order valence-electron chi connectivity index (χ0n) is 17.6. The van der Waals surface area contributed by atoms with Gasteiger partial charge in [0.05, 0.1) is 24.0 Å². The van der Waals surface area contributed by atoms with E-state index in [-0.39, 0.29) is 12.1 Å². The Morgan fingerprint density at radius 1 is 1.14 bits per heavy atom. The lowest BCUT2D eigenvalue weighted by Gasteiger charge is -2.37. The van der Waals surface area contributed by atoms with Crippen LogP contribution in [0.15, 0.2) is 6.20 Å². The van der Waals surface area contributed by atoms with Gasteiger partial charge in [-0.1, -0.05) is 16.6 Å². The molecule has 2 aliphatic carbocycles. The van der Waals surface area contributed by atoms with Gasteiger partial charge in [-0.15, -0.1) is 15.3 Å². The first kappa shape index (κ1) is 19.4. The van der Waals surface area contributed by atoms with Crippen LogP contribution in [-0.4, -0.2) is 70.0 Å². The number of aryl methyl sites for hydroxylation is 1. The average molecular weight is 418 g/mol. The molecule has 0 unspecified atom stereocenters. The second-order valence-corrected chi connectivity index (χ2v) is 10.5. The quantitative estimate of drug-likeness (QED) is 0.685. The van der Waals surface area contributed by atoms with Gasteiger partial charge in [0.1, 0.15) is 5.01 Å². The molecule has 3 fully saturated rings. The average Bonchev–Trinajstić information content (AvgIpc) is 3.03. The highest BCUT2D eigenvalue weighted by molar-refractivity contribution is 7.15. The first-order valence-corrected chi connectivity index (χ1v) is 11.6. The molecule has 2 aromatic heterocycles. The van der Waals surface area contributed by atoms with Crippen molar-refractivity contribution in [2.45, 2.75) is 51.3 Å². The Bertz CT molecular complexity index is 832. The summed E-state index contributed by atoms with van der Waals surface area (Å²) in [5.74, 6) is 2.08. The minimum Gasteiger partial charge on any atom is -0.376 e. The summed E-state index contributed by atoms with van der Waals surface area (Å²) in [6, 6.07) is 0.273. The summed E-state index contributed by atoms with van der Waals surface area (Å²) >= 11 is 1.70. The summed E-state index contributed by atoms with van der Waals surface area (Å²) in [4.78, 5) is 4.56. The van der Waals surface area contributed by atoms with E-state index in [1.54, 1.807) is 11.3 Å². The Kier molecular flexibility index (Phi) is 5.30. The number of aromatic nitrogens is 5. The fraction of sp³-hybridized carbons (Fsp3) is 0.800. The summed E-state index contributed by atoms with van der Waals surface area (Å²) in [5, 5.41) is 19.6. The van der Waals surface area contributed by atoms with Gasteiger partial charge >= 0.3 is 0 Å². The topological polar surface area (TPSA) is 72.2 Å². The molecule has 158 valence electrons. The predicted molar refractivity (Wildman–Crippen MR) is 112 cm³/mol. The molecule has 5 rings (SSSR count). The van der Waals surface area contributed by atoms with Crippen LogP contribution in [0.3, 0.4) is 0 Å². The second kappa shape index (κ2) is 7.92. The van der Waals surface area contributed by atoms with E-state index in [0.29, 0.717) is 11.8 Å². The van der Waals surface area contributed by atoms with Crippen molar-refractivity contribution in [3.05, 3.63) is 16.9 Å². The van der Waals surface area contributed by atoms with Gasteiger partial charge in [0.25, 0.3) is 0 Å². The number of ether oxygens (including phenoxy) is 1. The smallest absolute Gasteiger partial charge is 0.208 e. The number of nitrogens with zero attached hydrogens (tertiary/aromatic N) is 7. The van der Waals surface area contributed by atoms with Gasteiger partial charge in [0.2, 0.25) is 5.13 Å². The Morgan fingerprint density at radius 3 is 2.62 bits per heavy atom. The summed E-state index contributed by atoms with van der Waals surface area (Å²) in [6.45, 7) is 5.87. The van der Waals surface area contributed by atoms with Crippen molar-refractivity contribution in [3.8, 4) is 0 Å². The summed E-state index contributed by atoms with van der Waals surface area (Å²) in [6.07, 6.45) is 7.19. The Hall–Kier alpha value is -1.58. The fourth-order valence-electron chi connectivity index (χ4n) is 4.83. The number of fused-ring (bicyclic) bond motifs is 1. The number of rotatable bonds is 7. The molecular weight excluding hydrogens is 386 g/mol. The molecule has 0 amide bonds. The van der Waals surface area contributed by atoms with E-state index in [2.05, 4.69) is 55.3 Å². The minimum absolute atomic E-state index is 0.224. The van der Waals surface area contributed by atoms with Crippen molar-refractivity contribution in [1.29, 1.82) is 0 Å². The third kappa shape index (κ3) is 4.32. The summed E-state index contributed by atoms with van der Waals surface area (Å²) < 4.78 is 8.56. The number of hydrogen-bond donors (Lipinski definition) is 0. The highest BCUT2D eigenvalue weighted by atomic mass is 32.1. The van der Waals surface area contributed by atoms with Crippen LogP contribution in [0.4, 0.5) is 5.13 Å². The third-order valence-electron chi connectivity index (χ3n) is 6.49. The van der Waals surface area contributed by atoms with E-state index in [9.17, 15) is 0 Å². The van der Waals surface area contributed by atoms with Crippen LogP contribution < -0.4 is 4.90 Å². The molecule has 2 aromatic rings. The van der Waals surface area contributed by atoms with E-state index in [0.717, 1.165) is 60.8 Å². The summed E-state index contributed by atoms with van der Waals surface area (Å²) in [7, 11) is 4.13. The molecule has 29 heavy (non-hydrogen) atoms. The van der Waals surface area contributed by atoms with Crippen LogP contribution in [0.5, 0.6) is 0 Å². The maximum absolute atomic E-state index is 6.47. The second-order valence-electron chi connectivity index (χ2n) is 9.31. The van der Waals surface area contributed by atoms with Crippen molar-refractivity contribution in [2.24, 2.45) is 17.8 Å². The van der Waals surface area contributed by atoms with Crippen molar-refractivity contribution < 1.29 is 4.74 Å². The van der Waals surface area contributed by atoms with Crippen molar-refractivity contribution in [1.82, 2.24) is 30.1 Å². The highest BCUT2D eigenvalue weighted by Gasteiger charge is 2.45. The maximum atomic E-state index is 6.47. The first-order valence-electron chi connectivity index (χ1n) is 10.8. The monoisotopic (exact) mass is 417 g/mol. The molecule has 4 atom stereocenters. The Morgan fingerprint density at radius 2 is 1.93 bits per heavy atom. The predicted octanol–water partition coefficient (Wildman–Crippen LogP) is 2.38. The molecule has 0 spiro atoms. The van der Waals surface area contributed by atoms with Crippen LogP contribution in [0, 0.1) is 24.7 Å². The van der Waals surface area contributed by atoms with Crippen molar-refractivity contribution in [2.75, 3.05) is 38.7 Å². The fourth-order valence-corrected chi connectivity index (χ4v) is 5.54. The molecule has 9 heteroatoms. The summed E-state index contributed by atoms with van der Waals surface area (Å²) in [5.41, 5.74) is 1.02. The van der Waals surface area contributed by atoms with Gasteiger partial charge in [-0.05, 0) is 64.5 Å². The van der Waals surface area contributed by atoms with Gasteiger partial charge in [0, 0.05) is 26.2 Å². The molecule has 8 nitrogen and oxygen atoms in total. The van der Waals surface area contributed by atoms with E-state index < -0.39 is 0 Å². The number of anilines is 1. The van der Waals surface area contributed by atoms with Crippen LogP contribution in [0.1, 0.15) is 42.4 Å². The Balaban J connectivity index is 1.32. The Labute approximate surface area is 176 Å². The molecule has 2 saturated carbocycles. The molecule has 1 aliphatic heterocycles. The molecule has 0 radical (unpaired) electrons. The normalized spacial score (nSPS) is 29.6. The standard InChI is InChI=1S/C20H31N7OS/c1-13-21-23-20(29-13)26-8-15-6-18(27-11-17(22-24-27)10-25(2)3)19(7-16(15)9-26)28-12-14-4-5-14/h11,14-16,18-19H,4-10,12H2,1-3H3/t15-,16+,18-,19-/m1/s1. The highest BCUT2D eigenvalue weighted by Crippen LogP contribution is 2.44. The van der Waals surface area contributed by atoms with Crippen LogP contribution in [0.2, 0.25) is 0 Å². The van der Waals surface area contributed by atoms with Gasteiger partial charge in [0.15, 0.2) is 0 Å². The molecule has 3 aliphatic rings. The number of hydrogen-bond acceptors (Lipinski definition) is 8. The molecule has 0 N–H and O–H groups in total. The minimum atomic E-state index is 0.224. The third-order valence-corrected chi connectivity index (χ3v) is 7.39. The van der Waals surface area contributed by atoms with Gasteiger partial charge in [-0.25, -0.2) is 4.68 Å². The molecule has 0 aromatic carbocycles. The maximum Gasteiger partial charge on any atom is 0.208 e.